The van der Waals surface area contributed by atoms with Crippen molar-refractivity contribution >= 4 is 5.91 Å². The van der Waals surface area contributed by atoms with Gasteiger partial charge in [-0.2, -0.15) is 0 Å². The van der Waals surface area contributed by atoms with Crippen molar-refractivity contribution in [2.45, 2.75) is 18.6 Å². The van der Waals surface area contributed by atoms with Crippen LogP contribution in [0.4, 0.5) is 0 Å². The van der Waals surface area contributed by atoms with E-state index < -0.39 is 0 Å². The van der Waals surface area contributed by atoms with Crippen molar-refractivity contribution in [3.8, 4) is 0 Å². The summed E-state index contributed by atoms with van der Waals surface area (Å²) in [5.41, 5.74) is 0. The van der Waals surface area contributed by atoms with Gasteiger partial charge in [-0.25, -0.2) is 0 Å². The summed E-state index contributed by atoms with van der Waals surface area (Å²) in [5, 5.41) is 3.00. The highest BCUT2D eigenvalue weighted by molar-refractivity contribution is 5.88. The first-order valence-electron chi connectivity index (χ1n) is 4.45. The molecule has 3 heteroatoms. The van der Waals surface area contributed by atoms with Gasteiger partial charge in [-0.05, 0) is 12.5 Å². The molecule has 1 amide bonds. The summed E-state index contributed by atoms with van der Waals surface area (Å²) in [4.78, 5) is 11.0. The smallest absolute Gasteiger partial charge is 0.243 e. The number of ether oxygens (including phenoxy) is 1. The number of hydrogen-bond acceptors (Lipinski definition) is 2. The van der Waals surface area contributed by atoms with Crippen molar-refractivity contribution in [2.24, 2.45) is 11.8 Å². The highest BCUT2D eigenvalue weighted by Gasteiger charge is 2.49. The van der Waals surface area contributed by atoms with Gasteiger partial charge in [0.05, 0.1) is 12.7 Å². The van der Waals surface area contributed by atoms with Gasteiger partial charge in [0.2, 0.25) is 5.91 Å². The van der Waals surface area contributed by atoms with Crippen molar-refractivity contribution in [1.29, 1.82) is 0 Å². The summed E-state index contributed by atoms with van der Waals surface area (Å²) in [5.74, 6) is 1.07. The molecule has 2 heterocycles. The van der Waals surface area contributed by atoms with E-state index >= 15 is 0 Å². The van der Waals surface area contributed by atoms with Gasteiger partial charge in [-0.3, -0.25) is 4.79 Å². The molecule has 3 nitrogen and oxygen atoms in total. The number of fused-ring (bicyclic) bond motifs is 5. The molecular formula is C9H11NO2. The fourth-order valence-corrected chi connectivity index (χ4v) is 2.61. The minimum atomic E-state index is 0.0591. The average molecular weight is 165 g/mol. The minimum absolute atomic E-state index is 0.0591. The Bertz CT molecular complexity index is 261. The zero-order chi connectivity index (χ0) is 8.13. The van der Waals surface area contributed by atoms with Crippen molar-refractivity contribution in [3.05, 3.63) is 12.2 Å². The maximum atomic E-state index is 11.0. The van der Waals surface area contributed by atoms with E-state index in [1.807, 2.05) is 6.08 Å². The predicted octanol–water partition coefficient (Wildman–Crippen LogP) is 0.0759. The zero-order valence-electron chi connectivity index (χ0n) is 6.69. The molecule has 2 bridgehead atoms. The highest BCUT2D eigenvalue weighted by atomic mass is 16.5. The quantitative estimate of drug-likeness (QED) is 0.552. The average Bonchev–Trinajstić information content (AvgIpc) is 2.63. The van der Waals surface area contributed by atoms with Crippen LogP contribution in [0.5, 0.6) is 0 Å². The molecule has 64 valence electrons. The van der Waals surface area contributed by atoms with E-state index in [1.54, 1.807) is 6.08 Å². The standard InChI is InChI=1S/C9H11NO2/c11-8-2-1-6-7-3-5(4-12-7)9(6)10-8/h1-2,5-7,9H,3-4H2,(H,10,11). The molecule has 2 fully saturated rings. The van der Waals surface area contributed by atoms with E-state index in [0.717, 1.165) is 13.0 Å². The molecule has 4 atom stereocenters. The van der Waals surface area contributed by atoms with Crippen molar-refractivity contribution in [1.82, 2.24) is 5.32 Å². The monoisotopic (exact) mass is 165 g/mol. The van der Waals surface area contributed by atoms with Gasteiger partial charge in [-0.15, -0.1) is 0 Å². The molecule has 0 radical (unpaired) electrons. The number of rotatable bonds is 0. The van der Waals surface area contributed by atoms with Crippen molar-refractivity contribution in [3.63, 3.8) is 0 Å². The number of amides is 1. The van der Waals surface area contributed by atoms with Gasteiger partial charge in [0.15, 0.2) is 0 Å². The summed E-state index contributed by atoms with van der Waals surface area (Å²) in [6.07, 6.45) is 5.13. The SMILES string of the molecule is O=C1C=CC2C3CC(CO3)C2N1. The lowest BCUT2D eigenvalue weighted by Gasteiger charge is -2.31. The Labute approximate surface area is 70.8 Å². The maximum Gasteiger partial charge on any atom is 0.243 e. The Hall–Kier alpha value is -0.830. The molecule has 1 aliphatic carbocycles. The van der Waals surface area contributed by atoms with Gasteiger partial charge in [-0.1, -0.05) is 6.08 Å². The number of carbonyl (C=O) groups excluding carboxylic acids is 1. The summed E-state index contributed by atoms with van der Waals surface area (Å²) in [6, 6.07) is 0.362. The lowest BCUT2D eigenvalue weighted by Crippen LogP contribution is -2.48. The molecule has 0 aromatic heterocycles. The van der Waals surface area contributed by atoms with E-state index in [2.05, 4.69) is 5.32 Å². The molecule has 12 heavy (non-hydrogen) atoms. The van der Waals surface area contributed by atoms with Gasteiger partial charge in [0.25, 0.3) is 0 Å². The number of nitrogens with one attached hydrogen (secondary N) is 1. The van der Waals surface area contributed by atoms with Crippen LogP contribution in [-0.4, -0.2) is 24.7 Å². The van der Waals surface area contributed by atoms with Crippen LogP contribution in [0.25, 0.3) is 0 Å². The molecular weight excluding hydrogens is 154 g/mol. The largest absolute Gasteiger partial charge is 0.377 e. The normalized spacial score (nSPS) is 49.2. The Balaban J connectivity index is 1.94. The van der Waals surface area contributed by atoms with Crippen LogP contribution in [0.1, 0.15) is 6.42 Å². The highest BCUT2D eigenvalue weighted by Crippen LogP contribution is 2.41. The van der Waals surface area contributed by atoms with Crippen LogP contribution in [-0.2, 0) is 9.53 Å². The summed E-state index contributed by atoms with van der Waals surface area (Å²) in [7, 11) is 0. The van der Waals surface area contributed by atoms with Gasteiger partial charge in [0.1, 0.15) is 0 Å². The van der Waals surface area contributed by atoms with Gasteiger partial charge >= 0.3 is 0 Å². The second-order valence-corrected chi connectivity index (χ2v) is 3.84. The Morgan fingerprint density at radius 2 is 2.50 bits per heavy atom. The van der Waals surface area contributed by atoms with Gasteiger partial charge in [0, 0.05) is 17.9 Å². The molecule has 2 aliphatic heterocycles. The molecule has 3 aliphatic rings. The molecule has 1 N–H and O–H groups in total. The molecule has 1 saturated carbocycles. The van der Waals surface area contributed by atoms with Crippen LogP contribution >= 0.6 is 0 Å². The second kappa shape index (κ2) is 2.10. The fraction of sp³-hybridized carbons (Fsp3) is 0.667. The lowest BCUT2D eigenvalue weighted by atomic mass is 9.93. The molecule has 0 aromatic carbocycles. The van der Waals surface area contributed by atoms with E-state index in [9.17, 15) is 4.79 Å². The van der Waals surface area contributed by atoms with Crippen LogP contribution < -0.4 is 5.32 Å². The Morgan fingerprint density at radius 3 is 3.42 bits per heavy atom. The van der Waals surface area contributed by atoms with E-state index in [0.29, 0.717) is 24.0 Å². The Morgan fingerprint density at radius 1 is 1.58 bits per heavy atom. The van der Waals surface area contributed by atoms with Crippen LogP contribution in [0.15, 0.2) is 12.2 Å². The summed E-state index contributed by atoms with van der Waals surface area (Å²) >= 11 is 0. The number of carbonyl (C=O) groups is 1. The van der Waals surface area contributed by atoms with Crippen molar-refractivity contribution in [2.75, 3.05) is 6.61 Å². The predicted molar refractivity (Wildman–Crippen MR) is 42.4 cm³/mol. The summed E-state index contributed by atoms with van der Waals surface area (Å²) < 4.78 is 5.55. The topological polar surface area (TPSA) is 38.3 Å². The van der Waals surface area contributed by atoms with Crippen LogP contribution in [0.3, 0.4) is 0 Å². The van der Waals surface area contributed by atoms with E-state index in [-0.39, 0.29) is 5.91 Å². The molecule has 0 spiro atoms. The molecule has 0 aromatic rings. The molecule has 4 unspecified atom stereocenters. The maximum absolute atomic E-state index is 11.0. The van der Waals surface area contributed by atoms with E-state index in [4.69, 9.17) is 4.74 Å². The van der Waals surface area contributed by atoms with Crippen LogP contribution in [0, 0.1) is 11.8 Å². The minimum Gasteiger partial charge on any atom is -0.377 e. The lowest BCUT2D eigenvalue weighted by molar-refractivity contribution is -0.119. The third-order valence-corrected chi connectivity index (χ3v) is 3.19. The first kappa shape index (κ1) is 6.66. The van der Waals surface area contributed by atoms with Crippen LogP contribution in [0.2, 0.25) is 0 Å². The zero-order valence-corrected chi connectivity index (χ0v) is 6.69. The second-order valence-electron chi connectivity index (χ2n) is 3.84. The molecule has 1 saturated heterocycles. The fourth-order valence-electron chi connectivity index (χ4n) is 2.61. The Kier molecular flexibility index (Phi) is 1.17. The first-order chi connectivity index (χ1) is 5.84. The van der Waals surface area contributed by atoms with Gasteiger partial charge < -0.3 is 10.1 Å². The first-order valence-corrected chi connectivity index (χ1v) is 4.45. The van der Waals surface area contributed by atoms with Crippen molar-refractivity contribution < 1.29 is 9.53 Å². The molecule has 3 rings (SSSR count). The third kappa shape index (κ3) is 0.719. The number of hydrogen-bond donors (Lipinski definition) is 1. The third-order valence-electron chi connectivity index (χ3n) is 3.19. The van der Waals surface area contributed by atoms with E-state index in [1.165, 1.54) is 0 Å². The summed E-state index contributed by atoms with van der Waals surface area (Å²) in [6.45, 7) is 0.833.